The van der Waals surface area contributed by atoms with Gasteiger partial charge in [0.1, 0.15) is 0 Å². The predicted octanol–water partition coefficient (Wildman–Crippen LogP) is 1.19. The van der Waals surface area contributed by atoms with E-state index >= 15 is 0 Å². The second-order valence-electron chi connectivity index (χ2n) is 3.51. The van der Waals surface area contributed by atoms with Crippen LogP contribution in [-0.4, -0.2) is 25.1 Å². The zero-order valence-corrected chi connectivity index (χ0v) is 9.28. The maximum absolute atomic E-state index is 10.5. The highest BCUT2D eigenvalue weighted by molar-refractivity contribution is 5.33. The van der Waals surface area contributed by atoms with Crippen molar-refractivity contribution in [2.45, 2.75) is 19.9 Å². The Morgan fingerprint density at radius 1 is 1.35 bits per heavy atom. The van der Waals surface area contributed by atoms with Crippen molar-refractivity contribution >= 4 is 5.69 Å². The normalized spacial score (nSPS) is 10.4. The van der Waals surface area contributed by atoms with E-state index < -0.39 is 4.92 Å². The van der Waals surface area contributed by atoms with Gasteiger partial charge < -0.3 is 0 Å². The summed E-state index contributed by atoms with van der Waals surface area (Å²) in [5.74, 6) is 0.751. The van der Waals surface area contributed by atoms with Crippen molar-refractivity contribution in [3.63, 3.8) is 0 Å². The summed E-state index contributed by atoms with van der Waals surface area (Å²) in [6.07, 6.45) is 0.568. The van der Waals surface area contributed by atoms with Crippen LogP contribution in [0.1, 0.15) is 18.3 Å². The molecule has 0 radical (unpaired) electrons. The van der Waals surface area contributed by atoms with Crippen molar-refractivity contribution in [1.29, 1.82) is 0 Å². The molecule has 1 aromatic carbocycles. The number of rotatable bonds is 4. The molecule has 0 bridgehead atoms. The quantitative estimate of drug-likeness (QED) is 0.584. The van der Waals surface area contributed by atoms with Gasteiger partial charge in [-0.15, -0.1) is 5.10 Å². The summed E-state index contributed by atoms with van der Waals surface area (Å²) in [6, 6.07) is 6.39. The Bertz CT molecular complexity index is 520. The van der Waals surface area contributed by atoms with Crippen LogP contribution in [0.15, 0.2) is 24.3 Å². The van der Waals surface area contributed by atoms with Gasteiger partial charge in [-0.2, -0.15) is 0 Å². The van der Waals surface area contributed by atoms with Gasteiger partial charge in [0.25, 0.3) is 5.69 Å². The van der Waals surface area contributed by atoms with Crippen LogP contribution in [0.5, 0.6) is 0 Å². The summed E-state index contributed by atoms with van der Waals surface area (Å²) in [5.41, 5.74) is 1.03. The molecule has 1 heterocycles. The molecular weight excluding hydrogens is 222 g/mol. The lowest BCUT2D eigenvalue weighted by atomic mass is 10.1. The average molecular weight is 233 g/mol. The molecule has 7 heteroatoms. The van der Waals surface area contributed by atoms with Gasteiger partial charge in [0, 0.05) is 25.1 Å². The van der Waals surface area contributed by atoms with Crippen LogP contribution in [-0.2, 0) is 13.0 Å². The molecule has 0 fully saturated rings. The fraction of sp³-hybridized carbons (Fsp3) is 0.300. The summed E-state index contributed by atoms with van der Waals surface area (Å²) in [4.78, 5) is 10.1. The SMILES string of the molecule is CCn1nnnc1Cc1ccc([N+](=O)[O-])cc1. The third-order valence-corrected chi connectivity index (χ3v) is 2.41. The molecular formula is C10H11N5O2. The molecule has 0 aliphatic heterocycles. The second-order valence-corrected chi connectivity index (χ2v) is 3.51. The Balaban J connectivity index is 2.16. The van der Waals surface area contributed by atoms with E-state index in [-0.39, 0.29) is 5.69 Å². The van der Waals surface area contributed by atoms with Gasteiger partial charge in [-0.3, -0.25) is 10.1 Å². The molecule has 0 aliphatic carbocycles. The number of tetrazole rings is 1. The Labute approximate surface area is 97.2 Å². The minimum absolute atomic E-state index is 0.0869. The Hall–Kier alpha value is -2.31. The van der Waals surface area contributed by atoms with Gasteiger partial charge in [0.2, 0.25) is 0 Å². The first kappa shape index (κ1) is 11.2. The molecule has 7 nitrogen and oxygen atoms in total. The summed E-state index contributed by atoms with van der Waals surface area (Å²) >= 11 is 0. The molecule has 0 aliphatic rings. The number of hydrogen-bond donors (Lipinski definition) is 0. The largest absolute Gasteiger partial charge is 0.269 e. The topological polar surface area (TPSA) is 86.7 Å². The number of non-ortho nitro benzene ring substituents is 1. The highest BCUT2D eigenvalue weighted by Crippen LogP contribution is 2.13. The average Bonchev–Trinajstić information content (AvgIpc) is 2.77. The molecule has 0 saturated heterocycles. The zero-order valence-electron chi connectivity index (χ0n) is 9.28. The van der Waals surface area contributed by atoms with Crippen LogP contribution in [0, 0.1) is 10.1 Å². The highest BCUT2D eigenvalue weighted by Gasteiger charge is 2.08. The molecule has 0 spiro atoms. The third kappa shape index (κ3) is 2.44. The van der Waals surface area contributed by atoms with Gasteiger partial charge in [0.15, 0.2) is 5.82 Å². The van der Waals surface area contributed by atoms with Gasteiger partial charge in [-0.1, -0.05) is 12.1 Å². The van der Waals surface area contributed by atoms with Crippen molar-refractivity contribution < 1.29 is 4.92 Å². The van der Waals surface area contributed by atoms with Crippen molar-refractivity contribution in [3.8, 4) is 0 Å². The van der Waals surface area contributed by atoms with E-state index in [0.717, 1.165) is 11.4 Å². The van der Waals surface area contributed by atoms with Crippen LogP contribution < -0.4 is 0 Å². The first-order valence-electron chi connectivity index (χ1n) is 5.19. The summed E-state index contributed by atoms with van der Waals surface area (Å²) < 4.78 is 1.70. The molecule has 2 aromatic rings. The van der Waals surface area contributed by atoms with Crippen molar-refractivity contribution in [3.05, 3.63) is 45.8 Å². The Morgan fingerprint density at radius 2 is 2.06 bits per heavy atom. The van der Waals surface area contributed by atoms with E-state index in [1.165, 1.54) is 12.1 Å². The number of nitrogens with zero attached hydrogens (tertiary/aromatic N) is 5. The summed E-state index contributed by atoms with van der Waals surface area (Å²) in [7, 11) is 0. The van der Waals surface area contributed by atoms with Crippen LogP contribution in [0.3, 0.4) is 0 Å². The van der Waals surface area contributed by atoms with E-state index in [0.29, 0.717) is 13.0 Å². The van der Waals surface area contributed by atoms with E-state index in [1.807, 2.05) is 6.92 Å². The lowest BCUT2D eigenvalue weighted by Gasteiger charge is -2.01. The fourth-order valence-corrected chi connectivity index (χ4v) is 1.51. The first-order chi connectivity index (χ1) is 8.20. The van der Waals surface area contributed by atoms with Crippen LogP contribution in [0.25, 0.3) is 0 Å². The lowest BCUT2D eigenvalue weighted by molar-refractivity contribution is -0.384. The Morgan fingerprint density at radius 3 is 2.65 bits per heavy atom. The minimum atomic E-state index is -0.417. The standard InChI is InChI=1S/C10H11N5O2/c1-2-14-10(11-12-13-14)7-8-3-5-9(6-4-8)15(16)17/h3-6H,2,7H2,1H3. The zero-order chi connectivity index (χ0) is 12.3. The molecule has 2 rings (SSSR count). The molecule has 0 unspecified atom stereocenters. The van der Waals surface area contributed by atoms with Crippen LogP contribution in [0.2, 0.25) is 0 Å². The lowest BCUT2D eigenvalue weighted by Crippen LogP contribution is -2.04. The monoisotopic (exact) mass is 233 g/mol. The molecule has 0 amide bonds. The minimum Gasteiger partial charge on any atom is -0.258 e. The van der Waals surface area contributed by atoms with Gasteiger partial charge >= 0.3 is 0 Å². The summed E-state index contributed by atoms with van der Waals surface area (Å²) in [5, 5.41) is 21.8. The van der Waals surface area contributed by atoms with Gasteiger partial charge in [-0.25, -0.2) is 4.68 Å². The predicted molar refractivity (Wildman–Crippen MR) is 59.4 cm³/mol. The number of benzene rings is 1. The van der Waals surface area contributed by atoms with Crippen molar-refractivity contribution in [2.24, 2.45) is 0 Å². The fourth-order valence-electron chi connectivity index (χ4n) is 1.51. The number of nitro groups is 1. The van der Waals surface area contributed by atoms with E-state index in [1.54, 1.807) is 16.8 Å². The number of aryl methyl sites for hydroxylation is 1. The number of hydrogen-bond acceptors (Lipinski definition) is 5. The van der Waals surface area contributed by atoms with Crippen LogP contribution >= 0.6 is 0 Å². The van der Waals surface area contributed by atoms with Gasteiger partial charge in [0.05, 0.1) is 4.92 Å². The molecule has 88 valence electrons. The second kappa shape index (κ2) is 4.69. The molecule has 0 N–H and O–H groups in total. The molecule has 0 saturated carbocycles. The van der Waals surface area contributed by atoms with Crippen LogP contribution in [0.4, 0.5) is 5.69 Å². The number of aromatic nitrogens is 4. The first-order valence-corrected chi connectivity index (χ1v) is 5.19. The third-order valence-electron chi connectivity index (χ3n) is 2.41. The molecule has 1 aromatic heterocycles. The van der Waals surface area contributed by atoms with E-state index in [2.05, 4.69) is 15.5 Å². The highest BCUT2D eigenvalue weighted by atomic mass is 16.6. The maximum Gasteiger partial charge on any atom is 0.269 e. The molecule has 17 heavy (non-hydrogen) atoms. The van der Waals surface area contributed by atoms with Crippen molar-refractivity contribution in [2.75, 3.05) is 0 Å². The number of nitro benzene ring substituents is 1. The van der Waals surface area contributed by atoms with Crippen molar-refractivity contribution in [1.82, 2.24) is 20.2 Å². The van der Waals surface area contributed by atoms with Gasteiger partial charge in [-0.05, 0) is 22.9 Å². The Kier molecular flexibility index (Phi) is 3.08. The van der Waals surface area contributed by atoms with E-state index in [4.69, 9.17) is 0 Å². The van der Waals surface area contributed by atoms with E-state index in [9.17, 15) is 10.1 Å². The molecule has 0 atom stereocenters. The maximum atomic E-state index is 10.5. The summed E-state index contributed by atoms with van der Waals surface area (Å²) in [6.45, 7) is 2.66. The smallest absolute Gasteiger partial charge is 0.258 e.